The highest BCUT2D eigenvalue weighted by Crippen LogP contribution is 2.44. The van der Waals surface area contributed by atoms with E-state index in [4.69, 9.17) is 19.9 Å². The summed E-state index contributed by atoms with van der Waals surface area (Å²) < 4.78 is 17.3. The van der Waals surface area contributed by atoms with Gasteiger partial charge in [-0.2, -0.15) is 4.98 Å². The topological polar surface area (TPSA) is 233 Å². The van der Waals surface area contributed by atoms with Gasteiger partial charge < -0.3 is 45.6 Å². The van der Waals surface area contributed by atoms with E-state index >= 15 is 0 Å². The molecule has 0 fully saturated rings. The van der Waals surface area contributed by atoms with E-state index in [1.165, 1.54) is 6.20 Å². The van der Waals surface area contributed by atoms with Crippen molar-refractivity contribution in [3.05, 3.63) is 124 Å². The molecule has 3 amide bonds. The number of H-pyrrole nitrogens is 1. The number of amides is 3. The molecular formula is C39H40N8O9. The van der Waals surface area contributed by atoms with Crippen molar-refractivity contribution in [1.82, 2.24) is 30.1 Å². The fraction of sp³-hybridized carbons (Fsp3) is 0.256. The number of alkyl carbamates (subject to hydrolysis) is 1. The third-order valence-corrected chi connectivity index (χ3v) is 8.84. The van der Waals surface area contributed by atoms with E-state index in [2.05, 4.69) is 25.6 Å². The molecule has 0 saturated heterocycles. The van der Waals surface area contributed by atoms with Gasteiger partial charge in [-0.25, -0.2) is 14.4 Å². The molecule has 0 aliphatic heterocycles. The minimum absolute atomic E-state index is 0.0669. The van der Waals surface area contributed by atoms with Gasteiger partial charge in [0.1, 0.15) is 32.0 Å². The third-order valence-electron chi connectivity index (χ3n) is 8.84. The molecule has 17 heteroatoms. The highest BCUT2D eigenvalue weighted by Gasteiger charge is 2.29. The number of carboxylic acid groups (broad SMARTS) is 1. The van der Waals surface area contributed by atoms with Crippen LogP contribution in [0.4, 0.5) is 9.59 Å². The maximum atomic E-state index is 13.2. The van der Waals surface area contributed by atoms with Gasteiger partial charge in [-0.3, -0.25) is 14.2 Å². The Morgan fingerprint density at radius 1 is 0.911 bits per heavy atom. The molecule has 0 spiro atoms. The molecule has 0 unspecified atom stereocenters. The minimum Gasteiger partial charge on any atom is -0.480 e. The fourth-order valence-corrected chi connectivity index (χ4v) is 6.25. The molecule has 6 rings (SSSR count). The summed E-state index contributed by atoms with van der Waals surface area (Å²) in [6, 6.07) is 26.7. The Labute approximate surface area is 320 Å². The predicted molar refractivity (Wildman–Crippen MR) is 204 cm³/mol. The lowest BCUT2D eigenvalue weighted by atomic mass is 9.98. The number of ether oxygens (including phenoxy) is 3. The van der Waals surface area contributed by atoms with Crippen LogP contribution < -0.4 is 22.1 Å². The van der Waals surface area contributed by atoms with Crippen LogP contribution in [0.15, 0.2) is 101 Å². The van der Waals surface area contributed by atoms with Gasteiger partial charge in [0.05, 0.1) is 13.2 Å². The number of aliphatic carboxylic acids is 1. The van der Waals surface area contributed by atoms with Gasteiger partial charge in [0.2, 0.25) is 5.91 Å². The van der Waals surface area contributed by atoms with Crippen LogP contribution in [0.1, 0.15) is 28.3 Å². The van der Waals surface area contributed by atoms with Crippen LogP contribution in [0.5, 0.6) is 0 Å². The minimum atomic E-state index is -1.26. The molecule has 1 aliphatic carbocycles. The Morgan fingerprint density at radius 2 is 1.61 bits per heavy atom. The molecule has 56 heavy (non-hydrogen) atoms. The van der Waals surface area contributed by atoms with Crippen LogP contribution in [-0.2, 0) is 43.6 Å². The summed E-state index contributed by atoms with van der Waals surface area (Å²) in [6.07, 6.45) is -0.107. The first-order chi connectivity index (χ1) is 27.1. The Hall–Kier alpha value is -7.01. The number of nitrogens with two attached hydrogens (primary N) is 1. The number of rotatable bonds is 16. The van der Waals surface area contributed by atoms with Crippen LogP contribution in [0.2, 0.25) is 0 Å². The summed E-state index contributed by atoms with van der Waals surface area (Å²) in [4.78, 5) is 73.8. The predicted octanol–water partition coefficient (Wildman–Crippen LogP) is 2.93. The molecule has 3 aromatic carbocycles. The van der Waals surface area contributed by atoms with Crippen molar-refractivity contribution in [3.8, 4) is 11.1 Å². The summed E-state index contributed by atoms with van der Waals surface area (Å²) >= 11 is 0. The second-order valence-corrected chi connectivity index (χ2v) is 12.7. The largest absolute Gasteiger partial charge is 0.480 e. The summed E-state index contributed by atoms with van der Waals surface area (Å²) in [5, 5.41) is 15.3. The van der Waals surface area contributed by atoms with E-state index in [1.807, 2.05) is 78.9 Å². The van der Waals surface area contributed by atoms with Crippen molar-refractivity contribution in [1.29, 1.82) is 0 Å². The van der Waals surface area contributed by atoms with Gasteiger partial charge in [0.15, 0.2) is 5.96 Å². The molecule has 17 nitrogen and oxygen atoms in total. The Morgan fingerprint density at radius 3 is 2.32 bits per heavy atom. The average Bonchev–Trinajstić information content (AvgIpc) is 3.73. The average molecular weight is 765 g/mol. The Bertz CT molecular complexity index is 2240. The quantitative estimate of drug-likeness (QED) is 0.0555. The maximum absolute atomic E-state index is 13.2. The number of hydrogen-bond donors (Lipinski definition) is 5. The Kier molecular flexibility index (Phi) is 12.7. The van der Waals surface area contributed by atoms with Crippen molar-refractivity contribution >= 4 is 41.1 Å². The van der Waals surface area contributed by atoms with Gasteiger partial charge >= 0.3 is 23.8 Å². The molecule has 0 atom stereocenters. The molecular weight excluding hydrogens is 724 g/mol. The number of guanidine groups is 1. The van der Waals surface area contributed by atoms with Gasteiger partial charge in [0, 0.05) is 42.8 Å². The van der Waals surface area contributed by atoms with Crippen LogP contribution in [-0.4, -0.2) is 94.0 Å². The molecule has 290 valence electrons. The van der Waals surface area contributed by atoms with Gasteiger partial charge in [-0.1, -0.05) is 78.9 Å². The van der Waals surface area contributed by atoms with E-state index in [0.29, 0.717) is 11.1 Å². The molecule has 2 aromatic heterocycles. The summed E-state index contributed by atoms with van der Waals surface area (Å²) in [5.41, 5.74) is 11.0. The second kappa shape index (κ2) is 18.4. The number of nitrogens with zero attached hydrogens (tertiary/aromatic N) is 4. The third kappa shape index (κ3) is 10.1. The SMILES string of the molecule is N/C(=N\C(=O)OCc1ccccc1)NCCOCc1cc2cn(CC(=O)N(CCNC(=O)OCC3c4ccccc4-c4ccccc43)CC(=O)O)c(=O)nc2[nH]1. The monoisotopic (exact) mass is 764 g/mol. The smallest absolute Gasteiger partial charge is 0.437 e. The van der Waals surface area contributed by atoms with Gasteiger partial charge in [0.25, 0.3) is 0 Å². The molecule has 1 aliphatic rings. The first-order valence-corrected chi connectivity index (χ1v) is 17.7. The summed E-state index contributed by atoms with van der Waals surface area (Å²) in [6.45, 7) is -0.648. The molecule has 0 saturated carbocycles. The van der Waals surface area contributed by atoms with E-state index in [1.54, 1.807) is 6.07 Å². The molecule has 0 radical (unpaired) electrons. The number of carboxylic acids is 1. The number of aromatic amines is 1. The zero-order valence-electron chi connectivity index (χ0n) is 30.2. The van der Waals surface area contributed by atoms with Crippen molar-refractivity contribution < 1.29 is 38.5 Å². The van der Waals surface area contributed by atoms with Crippen molar-refractivity contribution in [2.45, 2.75) is 25.7 Å². The number of fused-ring (bicyclic) bond motifs is 4. The van der Waals surface area contributed by atoms with Crippen molar-refractivity contribution in [3.63, 3.8) is 0 Å². The number of hydrogen-bond acceptors (Lipinski definition) is 9. The van der Waals surface area contributed by atoms with Gasteiger partial charge in [-0.05, 0) is 33.9 Å². The number of carbonyl (C=O) groups is 4. The molecule has 5 aromatic rings. The molecule has 6 N–H and O–H groups in total. The van der Waals surface area contributed by atoms with E-state index in [0.717, 1.165) is 37.3 Å². The lowest BCUT2D eigenvalue weighted by Crippen LogP contribution is -2.44. The number of nitrogens with one attached hydrogen (secondary N) is 3. The van der Waals surface area contributed by atoms with Crippen LogP contribution in [0.25, 0.3) is 22.2 Å². The highest BCUT2D eigenvalue weighted by atomic mass is 16.6. The highest BCUT2D eigenvalue weighted by molar-refractivity contribution is 5.89. The van der Waals surface area contributed by atoms with E-state index in [-0.39, 0.29) is 63.6 Å². The first kappa shape index (κ1) is 38.7. The standard InChI is InChI=1S/C39H40N8O9/c40-36(45-39(53)55-22-25-8-2-1-3-9-25)41-15-17-54-23-27-18-26-19-47(37(51)44-35(26)43-27)20-33(48)46(21-34(49)50)16-14-42-38(52)56-24-32-30-12-6-4-10-28(30)29-11-5-7-13-31(29)32/h1-13,18-19,32H,14-17,20-24H2,(H,42,52)(H,49,50)(H,43,44,51)(H3,40,41,45,53). The number of benzene rings is 3. The second-order valence-electron chi connectivity index (χ2n) is 12.7. The van der Waals surface area contributed by atoms with Crippen LogP contribution in [0, 0.1) is 0 Å². The first-order valence-electron chi connectivity index (χ1n) is 17.7. The van der Waals surface area contributed by atoms with E-state index in [9.17, 15) is 29.1 Å². The van der Waals surface area contributed by atoms with Crippen LogP contribution >= 0.6 is 0 Å². The zero-order chi connectivity index (χ0) is 39.4. The maximum Gasteiger partial charge on any atom is 0.437 e. The zero-order valence-corrected chi connectivity index (χ0v) is 30.2. The van der Waals surface area contributed by atoms with Gasteiger partial charge in [-0.15, -0.1) is 4.99 Å². The fourth-order valence-electron chi connectivity index (χ4n) is 6.25. The summed E-state index contributed by atoms with van der Waals surface area (Å²) in [7, 11) is 0. The van der Waals surface area contributed by atoms with Crippen molar-refractivity contribution in [2.24, 2.45) is 10.7 Å². The van der Waals surface area contributed by atoms with Crippen molar-refractivity contribution in [2.75, 3.05) is 39.4 Å². The molecule has 2 heterocycles. The number of aromatic nitrogens is 3. The molecule has 0 bridgehead atoms. The number of carbonyl (C=O) groups excluding carboxylic acids is 3. The Balaban J connectivity index is 0.946. The summed E-state index contributed by atoms with van der Waals surface area (Å²) in [5.74, 6) is -2.19. The normalized spacial score (nSPS) is 12.1. The van der Waals surface area contributed by atoms with Crippen LogP contribution in [0.3, 0.4) is 0 Å². The van der Waals surface area contributed by atoms with E-state index < -0.39 is 42.8 Å². The lowest BCUT2D eigenvalue weighted by molar-refractivity contribution is -0.144. The number of aliphatic imine (C=N–C) groups is 1. The lowest BCUT2D eigenvalue weighted by Gasteiger charge is -2.21.